The topological polar surface area (TPSA) is 93.4 Å². The van der Waals surface area contributed by atoms with Crippen LogP contribution in [0, 0.1) is 0 Å². The standard InChI is InChI=1S/C20H23N3O3S2/c1-2-11-26-13-9-7-12(8-10-13)18(25)22-20(27)23-19-16(17(21)24)14-5-3-4-6-15(14)28-19/h7-10H,2-6,11H2,1H3,(H2,21,24)(H2,22,23,25,27). The van der Waals surface area contributed by atoms with Crippen molar-refractivity contribution in [3.05, 3.63) is 45.8 Å². The fourth-order valence-corrected chi connectivity index (χ4v) is 4.71. The van der Waals surface area contributed by atoms with E-state index in [1.54, 1.807) is 24.3 Å². The van der Waals surface area contributed by atoms with E-state index < -0.39 is 5.91 Å². The van der Waals surface area contributed by atoms with Gasteiger partial charge in [0, 0.05) is 10.4 Å². The number of anilines is 1. The minimum absolute atomic E-state index is 0.136. The molecule has 0 spiro atoms. The summed E-state index contributed by atoms with van der Waals surface area (Å²) in [6, 6.07) is 6.86. The zero-order valence-corrected chi connectivity index (χ0v) is 17.3. The molecular weight excluding hydrogens is 394 g/mol. The molecule has 4 N–H and O–H groups in total. The maximum atomic E-state index is 12.4. The number of nitrogens with one attached hydrogen (secondary N) is 2. The van der Waals surface area contributed by atoms with E-state index in [4.69, 9.17) is 22.7 Å². The first-order chi connectivity index (χ1) is 13.5. The highest BCUT2D eigenvalue weighted by Crippen LogP contribution is 2.37. The molecule has 0 atom stereocenters. The summed E-state index contributed by atoms with van der Waals surface area (Å²) in [5.74, 6) is -0.0884. The number of rotatable bonds is 6. The van der Waals surface area contributed by atoms with Gasteiger partial charge in [0.1, 0.15) is 10.8 Å². The highest BCUT2D eigenvalue weighted by molar-refractivity contribution is 7.80. The normalized spacial score (nSPS) is 12.8. The molecule has 8 heteroatoms. The van der Waals surface area contributed by atoms with Crippen LogP contribution in [0.5, 0.6) is 5.75 Å². The van der Waals surface area contributed by atoms with Gasteiger partial charge in [0.25, 0.3) is 11.8 Å². The number of thiocarbonyl (C=S) groups is 1. The van der Waals surface area contributed by atoms with E-state index >= 15 is 0 Å². The molecule has 0 saturated carbocycles. The van der Waals surface area contributed by atoms with Crippen molar-refractivity contribution in [2.24, 2.45) is 5.73 Å². The predicted octanol–water partition coefficient (Wildman–Crippen LogP) is 3.64. The van der Waals surface area contributed by atoms with Gasteiger partial charge in [-0.15, -0.1) is 11.3 Å². The molecule has 3 rings (SSSR count). The maximum Gasteiger partial charge on any atom is 0.257 e. The number of thiophene rings is 1. The van der Waals surface area contributed by atoms with Crippen molar-refractivity contribution in [3.63, 3.8) is 0 Å². The van der Waals surface area contributed by atoms with Crippen LogP contribution >= 0.6 is 23.6 Å². The van der Waals surface area contributed by atoms with Crippen LogP contribution in [0.1, 0.15) is 57.3 Å². The molecule has 0 saturated heterocycles. The third-order valence-corrected chi connectivity index (χ3v) is 5.87. The van der Waals surface area contributed by atoms with E-state index in [0.29, 0.717) is 22.7 Å². The number of carbonyl (C=O) groups is 2. The molecule has 1 aliphatic carbocycles. The summed E-state index contributed by atoms with van der Waals surface area (Å²) < 4.78 is 5.51. The number of benzene rings is 1. The quantitative estimate of drug-likeness (QED) is 0.624. The number of ether oxygens (including phenoxy) is 1. The number of amides is 2. The molecule has 2 amide bonds. The van der Waals surface area contributed by atoms with Crippen molar-refractivity contribution in [2.45, 2.75) is 39.0 Å². The third kappa shape index (κ3) is 4.69. The Morgan fingerprint density at radius 3 is 2.61 bits per heavy atom. The molecule has 2 aromatic rings. The Balaban J connectivity index is 1.66. The molecule has 0 aliphatic heterocycles. The Hall–Kier alpha value is -2.45. The largest absolute Gasteiger partial charge is 0.494 e. The molecular formula is C20H23N3O3S2. The fourth-order valence-electron chi connectivity index (χ4n) is 3.15. The SMILES string of the molecule is CCCOc1ccc(C(=O)NC(=S)Nc2sc3c(c2C(N)=O)CCCC3)cc1. The van der Waals surface area contributed by atoms with Gasteiger partial charge >= 0.3 is 0 Å². The molecule has 28 heavy (non-hydrogen) atoms. The summed E-state index contributed by atoms with van der Waals surface area (Å²) in [5, 5.41) is 6.37. The van der Waals surface area contributed by atoms with Crippen LogP contribution in [-0.2, 0) is 12.8 Å². The van der Waals surface area contributed by atoms with Gasteiger partial charge in [0.05, 0.1) is 12.2 Å². The molecule has 148 valence electrons. The van der Waals surface area contributed by atoms with E-state index in [0.717, 1.165) is 43.4 Å². The van der Waals surface area contributed by atoms with Gasteiger partial charge < -0.3 is 15.8 Å². The number of carbonyl (C=O) groups excluding carboxylic acids is 2. The van der Waals surface area contributed by atoms with Crippen molar-refractivity contribution in [3.8, 4) is 5.75 Å². The average Bonchev–Trinajstić information content (AvgIpc) is 3.04. The van der Waals surface area contributed by atoms with Gasteiger partial charge in [0.15, 0.2) is 5.11 Å². The van der Waals surface area contributed by atoms with E-state index in [1.807, 2.05) is 6.92 Å². The lowest BCUT2D eigenvalue weighted by molar-refractivity contribution is 0.0975. The Morgan fingerprint density at radius 2 is 1.93 bits per heavy atom. The second kappa shape index (κ2) is 9.16. The van der Waals surface area contributed by atoms with Crippen LogP contribution in [0.15, 0.2) is 24.3 Å². The zero-order chi connectivity index (χ0) is 20.1. The number of aryl methyl sites for hydroxylation is 1. The van der Waals surface area contributed by atoms with Crippen molar-refractivity contribution in [1.82, 2.24) is 5.32 Å². The van der Waals surface area contributed by atoms with Gasteiger partial charge in [-0.1, -0.05) is 6.92 Å². The number of primary amides is 1. The molecule has 0 fully saturated rings. The minimum atomic E-state index is -0.473. The lowest BCUT2D eigenvalue weighted by Crippen LogP contribution is -2.34. The maximum absolute atomic E-state index is 12.4. The number of fused-ring (bicyclic) bond motifs is 1. The van der Waals surface area contributed by atoms with Crippen molar-refractivity contribution in [2.75, 3.05) is 11.9 Å². The smallest absolute Gasteiger partial charge is 0.257 e. The Labute approximate surface area is 173 Å². The number of nitrogens with two attached hydrogens (primary N) is 1. The minimum Gasteiger partial charge on any atom is -0.494 e. The molecule has 1 aromatic carbocycles. The molecule has 1 aliphatic rings. The van der Waals surface area contributed by atoms with Gasteiger partial charge in [-0.3, -0.25) is 14.9 Å². The van der Waals surface area contributed by atoms with Crippen LogP contribution in [-0.4, -0.2) is 23.5 Å². The molecule has 6 nitrogen and oxygen atoms in total. The van der Waals surface area contributed by atoms with E-state index in [-0.39, 0.29) is 11.0 Å². The van der Waals surface area contributed by atoms with Gasteiger partial charge in [-0.25, -0.2) is 0 Å². The highest BCUT2D eigenvalue weighted by Gasteiger charge is 2.24. The van der Waals surface area contributed by atoms with Crippen LogP contribution in [0.3, 0.4) is 0 Å². The fraction of sp³-hybridized carbons (Fsp3) is 0.350. The molecule has 0 unspecified atom stereocenters. The third-order valence-electron chi connectivity index (χ3n) is 4.46. The van der Waals surface area contributed by atoms with E-state index in [2.05, 4.69) is 10.6 Å². The number of hydrogen-bond donors (Lipinski definition) is 3. The Morgan fingerprint density at radius 1 is 1.21 bits per heavy atom. The van der Waals surface area contributed by atoms with Crippen LogP contribution in [0.2, 0.25) is 0 Å². The summed E-state index contributed by atoms with van der Waals surface area (Å²) in [5.41, 5.74) is 7.56. The van der Waals surface area contributed by atoms with Crippen molar-refractivity contribution < 1.29 is 14.3 Å². The van der Waals surface area contributed by atoms with Gasteiger partial charge in [-0.2, -0.15) is 0 Å². The second-order valence-corrected chi connectivity index (χ2v) is 8.07. The van der Waals surface area contributed by atoms with Crippen LogP contribution in [0.4, 0.5) is 5.00 Å². The van der Waals surface area contributed by atoms with Crippen molar-refractivity contribution in [1.29, 1.82) is 0 Å². The summed E-state index contributed by atoms with van der Waals surface area (Å²) in [7, 11) is 0. The summed E-state index contributed by atoms with van der Waals surface area (Å²) in [6.45, 7) is 2.66. The molecule has 1 heterocycles. The second-order valence-electron chi connectivity index (χ2n) is 6.56. The summed E-state index contributed by atoms with van der Waals surface area (Å²) in [6.07, 6.45) is 4.85. The number of hydrogen-bond acceptors (Lipinski definition) is 5. The van der Waals surface area contributed by atoms with Gasteiger partial charge in [-0.05, 0) is 74.2 Å². The van der Waals surface area contributed by atoms with E-state index in [9.17, 15) is 9.59 Å². The molecule has 0 radical (unpaired) electrons. The van der Waals surface area contributed by atoms with Crippen LogP contribution in [0.25, 0.3) is 0 Å². The Bertz CT molecular complexity index is 891. The average molecular weight is 418 g/mol. The first kappa shape index (κ1) is 20.3. The monoisotopic (exact) mass is 417 g/mol. The highest BCUT2D eigenvalue weighted by atomic mass is 32.1. The lowest BCUT2D eigenvalue weighted by atomic mass is 9.95. The summed E-state index contributed by atoms with van der Waals surface area (Å²) >= 11 is 6.75. The first-order valence-electron chi connectivity index (χ1n) is 9.29. The lowest BCUT2D eigenvalue weighted by Gasteiger charge is -2.12. The van der Waals surface area contributed by atoms with E-state index in [1.165, 1.54) is 16.2 Å². The van der Waals surface area contributed by atoms with Crippen LogP contribution < -0.4 is 21.1 Å². The zero-order valence-electron chi connectivity index (χ0n) is 15.7. The Kier molecular flexibility index (Phi) is 6.64. The molecule has 0 bridgehead atoms. The predicted molar refractivity (Wildman–Crippen MR) is 115 cm³/mol. The van der Waals surface area contributed by atoms with Gasteiger partial charge in [0.2, 0.25) is 0 Å². The first-order valence-corrected chi connectivity index (χ1v) is 10.5. The summed E-state index contributed by atoms with van der Waals surface area (Å²) in [4.78, 5) is 25.5. The van der Waals surface area contributed by atoms with Crippen molar-refractivity contribution >= 4 is 45.5 Å². The molecule has 1 aromatic heterocycles.